The van der Waals surface area contributed by atoms with E-state index < -0.39 is 11.8 Å². The molecule has 0 atom stereocenters. The van der Waals surface area contributed by atoms with E-state index in [4.69, 9.17) is 10.5 Å². The molecule has 0 radical (unpaired) electrons. The van der Waals surface area contributed by atoms with Crippen LogP contribution in [0, 0.1) is 17.1 Å². The average molecular weight is 318 g/mol. The van der Waals surface area contributed by atoms with Crippen molar-refractivity contribution in [1.82, 2.24) is 9.88 Å². The summed E-state index contributed by atoms with van der Waals surface area (Å²) in [5.41, 5.74) is 7.07. The van der Waals surface area contributed by atoms with Gasteiger partial charge in [0.2, 0.25) is 0 Å². The molecule has 6 nitrogen and oxygen atoms in total. The Balaban J connectivity index is 2.95. The van der Waals surface area contributed by atoms with E-state index in [0.29, 0.717) is 11.1 Å². The minimum absolute atomic E-state index is 0.00236. The molecule has 23 heavy (non-hydrogen) atoms. The first-order valence-electron chi connectivity index (χ1n) is 6.97. The third-order valence-electron chi connectivity index (χ3n) is 2.96. The summed E-state index contributed by atoms with van der Waals surface area (Å²) in [5, 5.41) is 9.18. The molecule has 1 aromatic rings. The maximum atomic E-state index is 13.3. The molecule has 0 aliphatic heterocycles. The molecule has 0 bridgehead atoms. The number of nitrogens with two attached hydrogens (primary N) is 1. The second kappa shape index (κ2) is 8.54. The van der Waals surface area contributed by atoms with Crippen LogP contribution in [0.15, 0.2) is 30.2 Å². The second-order valence-electron chi connectivity index (χ2n) is 4.72. The number of carbonyl (C=O) groups is 1. The van der Waals surface area contributed by atoms with Gasteiger partial charge in [-0.3, -0.25) is 4.79 Å². The number of aromatic nitrogens is 1. The van der Waals surface area contributed by atoms with Gasteiger partial charge in [0.25, 0.3) is 0 Å². The maximum absolute atomic E-state index is 13.3. The van der Waals surface area contributed by atoms with Gasteiger partial charge in [0.15, 0.2) is 0 Å². The molecule has 122 valence electrons. The highest BCUT2D eigenvalue weighted by molar-refractivity contribution is 5.72. The van der Waals surface area contributed by atoms with Crippen LogP contribution >= 0.6 is 0 Å². The van der Waals surface area contributed by atoms with Crippen LogP contribution in [0.2, 0.25) is 0 Å². The third-order valence-corrected chi connectivity index (χ3v) is 2.96. The van der Waals surface area contributed by atoms with E-state index in [1.807, 2.05) is 6.07 Å². The maximum Gasteiger partial charge on any atom is 0.309 e. The lowest BCUT2D eigenvalue weighted by Crippen LogP contribution is -2.11. The number of nitrogens with zero attached hydrogens (tertiary/aromatic N) is 3. The molecule has 0 unspecified atom stereocenters. The zero-order valence-corrected chi connectivity index (χ0v) is 13.3. The number of anilines is 1. The summed E-state index contributed by atoms with van der Waals surface area (Å²) in [6.07, 6.45) is 4.12. The number of pyridine rings is 1. The average Bonchev–Trinajstić information content (AvgIpc) is 2.50. The number of halogens is 1. The number of hydrogen-bond acceptors (Lipinski definition) is 6. The quantitative estimate of drug-likeness (QED) is 0.640. The van der Waals surface area contributed by atoms with Crippen LogP contribution in [0.25, 0.3) is 5.57 Å². The molecule has 1 heterocycles. The highest BCUT2D eigenvalue weighted by atomic mass is 19.1. The van der Waals surface area contributed by atoms with Crippen molar-refractivity contribution in [3.63, 3.8) is 0 Å². The van der Waals surface area contributed by atoms with Gasteiger partial charge in [-0.2, -0.15) is 5.26 Å². The van der Waals surface area contributed by atoms with Gasteiger partial charge in [-0.05, 0) is 31.6 Å². The lowest BCUT2D eigenvalue weighted by Gasteiger charge is -2.15. The molecular weight excluding hydrogens is 299 g/mol. The molecule has 0 spiro atoms. The fourth-order valence-corrected chi connectivity index (χ4v) is 1.86. The molecule has 1 aromatic heterocycles. The van der Waals surface area contributed by atoms with Crippen molar-refractivity contribution < 1.29 is 13.9 Å². The van der Waals surface area contributed by atoms with Gasteiger partial charge in [0.1, 0.15) is 23.4 Å². The topological polar surface area (TPSA) is 92.2 Å². The van der Waals surface area contributed by atoms with Crippen LogP contribution in [0.1, 0.15) is 25.8 Å². The van der Waals surface area contributed by atoms with Gasteiger partial charge in [-0.1, -0.05) is 0 Å². The van der Waals surface area contributed by atoms with Crippen LogP contribution in [0.4, 0.5) is 10.2 Å². The minimum atomic E-state index is -0.497. The van der Waals surface area contributed by atoms with Crippen LogP contribution < -0.4 is 5.73 Å². The van der Waals surface area contributed by atoms with Crippen molar-refractivity contribution in [1.29, 1.82) is 5.26 Å². The van der Waals surface area contributed by atoms with Crippen molar-refractivity contribution in [2.45, 2.75) is 20.3 Å². The van der Waals surface area contributed by atoms with Crippen molar-refractivity contribution >= 4 is 17.4 Å². The Kier molecular flexibility index (Phi) is 6.74. The molecular formula is C16H19FN4O2. The second-order valence-corrected chi connectivity index (χ2v) is 4.72. The largest absolute Gasteiger partial charge is 0.466 e. The Hall–Kier alpha value is -2.88. The Labute approximate surface area is 134 Å². The molecule has 7 heteroatoms. The minimum Gasteiger partial charge on any atom is -0.466 e. The van der Waals surface area contributed by atoms with Crippen LogP contribution in [0.5, 0.6) is 0 Å². The number of allylic oxidation sites excluding steroid dienone is 2. The molecule has 0 amide bonds. The van der Waals surface area contributed by atoms with E-state index in [1.54, 1.807) is 27.1 Å². The molecule has 2 N–H and O–H groups in total. The van der Waals surface area contributed by atoms with Crippen molar-refractivity contribution in [3.05, 3.63) is 41.6 Å². The summed E-state index contributed by atoms with van der Waals surface area (Å²) in [6.45, 7) is 3.72. The molecule has 1 rings (SSSR count). The number of esters is 1. The lowest BCUT2D eigenvalue weighted by atomic mass is 10.1. The van der Waals surface area contributed by atoms with Crippen LogP contribution in [-0.2, 0) is 9.53 Å². The van der Waals surface area contributed by atoms with Gasteiger partial charge >= 0.3 is 5.97 Å². The van der Waals surface area contributed by atoms with E-state index >= 15 is 0 Å². The van der Waals surface area contributed by atoms with E-state index in [2.05, 4.69) is 4.98 Å². The highest BCUT2D eigenvalue weighted by Gasteiger charge is 2.08. The molecule has 0 aliphatic carbocycles. The Morgan fingerprint density at radius 3 is 2.91 bits per heavy atom. The fourth-order valence-electron chi connectivity index (χ4n) is 1.86. The fraction of sp³-hybridized carbons (Fsp3) is 0.312. The van der Waals surface area contributed by atoms with E-state index in [9.17, 15) is 14.4 Å². The van der Waals surface area contributed by atoms with Crippen LogP contribution in [0.3, 0.4) is 0 Å². The van der Waals surface area contributed by atoms with E-state index in [0.717, 1.165) is 6.20 Å². The predicted octanol–water partition coefficient (Wildman–Crippen LogP) is 2.46. The molecule has 0 aliphatic rings. The van der Waals surface area contributed by atoms with E-state index in [-0.39, 0.29) is 24.5 Å². The Morgan fingerprint density at radius 2 is 2.30 bits per heavy atom. The summed E-state index contributed by atoms with van der Waals surface area (Å²) < 4.78 is 18.1. The van der Waals surface area contributed by atoms with Gasteiger partial charge in [-0.15, -0.1) is 0 Å². The first kappa shape index (κ1) is 18.2. The van der Waals surface area contributed by atoms with Gasteiger partial charge < -0.3 is 15.4 Å². The zero-order valence-electron chi connectivity index (χ0n) is 13.3. The number of rotatable bonds is 6. The normalized spacial score (nSPS) is 11.8. The monoisotopic (exact) mass is 318 g/mol. The molecule has 0 saturated heterocycles. The molecule has 0 fully saturated rings. The first-order chi connectivity index (χ1) is 10.9. The number of nitrogen functional groups attached to an aromatic ring is 1. The smallest absolute Gasteiger partial charge is 0.309 e. The number of hydrogen-bond donors (Lipinski definition) is 1. The number of nitriles is 1. The van der Waals surface area contributed by atoms with E-state index in [1.165, 1.54) is 17.0 Å². The van der Waals surface area contributed by atoms with Crippen molar-refractivity contribution in [2.75, 3.05) is 19.4 Å². The molecule has 0 saturated carbocycles. The lowest BCUT2D eigenvalue weighted by molar-refractivity contribution is -0.142. The van der Waals surface area contributed by atoms with Gasteiger partial charge in [-0.25, -0.2) is 9.37 Å². The Bertz CT molecular complexity index is 677. The first-order valence-corrected chi connectivity index (χ1v) is 6.97. The Morgan fingerprint density at radius 1 is 1.61 bits per heavy atom. The van der Waals surface area contributed by atoms with Crippen LogP contribution in [-0.4, -0.2) is 29.5 Å². The summed E-state index contributed by atoms with van der Waals surface area (Å²) >= 11 is 0. The summed E-state index contributed by atoms with van der Waals surface area (Å²) in [7, 11) is 1.65. The van der Waals surface area contributed by atoms with Gasteiger partial charge in [0, 0.05) is 18.8 Å². The molecule has 0 aromatic carbocycles. The van der Waals surface area contributed by atoms with Crippen molar-refractivity contribution in [3.8, 4) is 6.07 Å². The number of ether oxygens (including phenoxy) is 1. The summed E-state index contributed by atoms with van der Waals surface area (Å²) in [4.78, 5) is 16.6. The zero-order chi connectivity index (χ0) is 17.4. The summed E-state index contributed by atoms with van der Waals surface area (Å²) in [5.74, 6) is -0.710. The third kappa shape index (κ3) is 5.43. The predicted molar refractivity (Wildman–Crippen MR) is 85.0 cm³/mol. The standard InChI is InChI=1S/C16H19FN4O2/c1-4-23-15(22)6-5-13(8-18)21(3)10-11(2)14-7-12(17)9-20-16(14)19/h5,7,9-10H,4,6H2,1-3H3,(H2,19,20)/b11-10+,13-5+. The van der Waals surface area contributed by atoms with Gasteiger partial charge in [0.05, 0.1) is 19.2 Å². The summed E-state index contributed by atoms with van der Waals surface area (Å²) in [6, 6.07) is 3.27. The SMILES string of the molecule is CCOC(=O)C/C=C(\C#N)N(C)/C=C(\C)c1cc(F)cnc1N. The number of carbonyl (C=O) groups excluding carboxylic acids is 1. The highest BCUT2D eigenvalue weighted by Crippen LogP contribution is 2.21. The van der Waals surface area contributed by atoms with Crippen molar-refractivity contribution in [2.24, 2.45) is 0 Å².